The number of halogens is 3. The Labute approximate surface area is 308 Å². The molecule has 2 heterocycles. The van der Waals surface area contributed by atoms with Crippen LogP contribution in [0.15, 0.2) is 60.7 Å². The van der Waals surface area contributed by atoms with Crippen molar-refractivity contribution in [3.63, 3.8) is 0 Å². The number of hydrogen-bond acceptors (Lipinski definition) is 6. The first-order valence-electron chi connectivity index (χ1n) is 17.0. The zero-order valence-electron chi connectivity index (χ0n) is 29.5. The summed E-state index contributed by atoms with van der Waals surface area (Å²) in [7, 11) is -2.46. The number of anilines is 1. The number of methoxy groups -OCH3 is 1. The van der Waals surface area contributed by atoms with E-state index in [1.165, 1.54) is 42.3 Å². The molecule has 3 aromatic carbocycles. The predicted octanol–water partition coefficient (Wildman–Crippen LogP) is 8.09. The van der Waals surface area contributed by atoms with E-state index in [4.69, 9.17) is 27.9 Å². The lowest BCUT2D eigenvalue weighted by atomic mass is 9.66. The summed E-state index contributed by atoms with van der Waals surface area (Å²) in [5.74, 6) is -3.79. The first kappa shape index (κ1) is 38.6. The Morgan fingerprint density at radius 3 is 2.27 bits per heavy atom. The van der Waals surface area contributed by atoms with E-state index in [9.17, 15) is 23.1 Å². The van der Waals surface area contributed by atoms with Gasteiger partial charge in [0, 0.05) is 28.7 Å². The van der Waals surface area contributed by atoms with Crippen LogP contribution in [0.5, 0.6) is 5.75 Å². The fourth-order valence-corrected chi connectivity index (χ4v) is 8.98. The normalized spacial score (nSPS) is 22.6. The summed E-state index contributed by atoms with van der Waals surface area (Å²) in [5, 5.41) is 10.0. The highest BCUT2D eigenvalue weighted by atomic mass is 35.5. The minimum atomic E-state index is -3.77. The van der Waals surface area contributed by atoms with Crippen LogP contribution >= 0.6 is 23.2 Å². The summed E-state index contributed by atoms with van der Waals surface area (Å²) < 4.78 is 47.2. The van der Waals surface area contributed by atoms with Gasteiger partial charge in [-0.2, -0.15) is 0 Å². The van der Waals surface area contributed by atoms with E-state index in [1.54, 1.807) is 49.9 Å². The molecule has 51 heavy (non-hydrogen) atoms. The van der Waals surface area contributed by atoms with Crippen LogP contribution in [0, 0.1) is 11.7 Å². The monoisotopic (exact) mass is 760 g/mol. The maximum Gasteiger partial charge on any atom is 0.339 e. The van der Waals surface area contributed by atoms with Gasteiger partial charge >= 0.3 is 5.97 Å². The van der Waals surface area contributed by atoms with Crippen molar-refractivity contribution in [1.82, 2.24) is 4.90 Å². The summed E-state index contributed by atoms with van der Waals surface area (Å²) in [6.07, 6.45) is 1.31. The van der Waals surface area contributed by atoms with Crippen LogP contribution in [0.3, 0.4) is 0 Å². The molecule has 13 heteroatoms. The van der Waals surface area contributed by atoms with Crippen molar-refractivity contribution >= 4 is 56.5 Å². The fraction of sp³-hybridized carbons (Fsp3) is 0.447. The van der Waals surface area contributed by atoms with Crippen LogP contribution < -0.4 is 9.64 Å². The molecule has 0 aromatic heterocycles. The molecule has 1 unspecified atom stereocenters. The molecule has 1 aliphatic carbocycles. The number of sulfone groups is 1. The summed E-state index contributed by atoms with van der Waals surface area (Å²) >= 11 is 12.6. The van der Waals surface area contributed by atoms with Crippen LogP contribution in [0.4, 0.5) is 10.1 Å². The van der Waals surface area contributed by atoms with Gasteiger partial charge in [-0.15, -0.1) is 0 Å². The average molecular weight is 762 g/mol. The molecule has 3 aromatic rings. The van der Waals surface area contributed by atoms with E-state index in [0.717, 1.165) is 5.56 Å². The third-order valence-corrected chi connectivity index (χ3v) is 13.3. The molecule has 1 saturated carbocycles. The third-order valence-electron chi connectivity index (χ3n) is 10.1. The molecule has 2 amide bonds. The Hall–Kier alpha value is -3.67. The number of aromatic carboxylic acids is 1. The van der Waals surface area contributed by atoms with Gasteiger partial charge in [-0.1, -0.05) is 55.2 Å². The van der Waals surface area contributed by atoms with Gasteiger partial charge < -0.3 is 14.7 Å². The van der Waals surface area contributed by atoms with E-state index in [2.05, 4.69) is 0 Å². The largest absolute Gasteiger partial charge is 0.496 e. The SMILES string of the molecule is CC.COc1cc(N2C(=O)C[C@]23C[C@H](c2cccc(Cl)c2)[C@@H](c2ccc(Cl)c(F)c2)N(C(CS(=O)(=O)C(C)(C)C)C2CC2)C3=O)ccc1C(=O)O. The lowest BCUT2D eigenvalue weighted by Gasteiger charge is -2.60. The molecule has 0 bridgehead atoms. The molecule has 6 rings (SSSR count). The van der Waals surface area contributed by atoms with Gasteiger partial charge in [0.2, 0.25) is 11.8 Å². The highest BCUT2D eigenvalue weighted by molar-refractivity contribution is 7.92. The zero-order chi connectivity index (χ0) is 37.6. The molecular formula is C38H43Cl2FN2O7S. The third kappa shape index (κ3) is 7.09. The second kappa shape index (κ2) is 14.4. The van der Waals surface area contributed by atoms with Gasteiger partial charge in [-0.05, 0) is 93.5 Å². The van der Waals surface area contributed by atoms with Crippen LogP contribution in [-0.2, 0) is 19.4 Å². The molecule has 274 valence electrons. The molecule has 2 aliphatic heterocycles. The van der Waals surface area contributed by atoms with Gasteiger partial charge in [0.15, 0.2) is 9.84 Å². The molecule has 9 nitrogen and oxygen atoms in total. The van der Waals surface area contributed by atoms with Crippen molar-refractivity contribution < 1.29 is 37.0 Å². The minimum Gasteiger partial charge on any atom is -0.496 e. The summed E-state index contributed by atoms with van der Waals surface area (Å²) in [4.78, 5) is 43.8. The average Bonchev–Trinajstić information content (AvgIpc) is 3.91. The molecule has 1 N–H and O–H groups in total. The summed E-state index contributed by atoms with van der Waals surface area (Å²) in [6.45, 7) is 8.85. The number of ether oxygens (including phenoxy) is 1. The molecule has 2 saturated heterocycles. The highest BCUT2D eigenvalue weighted by Crippen LogP contribution is 2.56. The quantitative estimate of drug-likeness (QED) is 0.219. The minimum absolute atomic E-state index is 0.00741. The Kier molecular flexibility index (Phi) is 10.9. The van der Waals surface area contributed by atoms with E-state index in [1.807, 2.05) is 19.9 Å². The number of β-lactam (4-membered cyclic amide) rings is 1. The van der Waals surface area contributed by atoms with Gasteiger partial charge in [0.05, 0.1) is 35.1 Å². The topological polar surface area (TPSA) is 121 Å². The molecule has 3 aliphatic rings. The number of rotatable bonds is 9. The van der Waals surface area contributed by atoms with Gasteiger partial charge in [0.25, 0.3) is 0 Å². The number of nitrogens with zero attached hydrogens (tertiary/aromatic N) is 2. The Morgan fingerprint density at radius 1 is 1.04 bits per heavy atom. The smallest absolute Gasteiger partial charge is 0.339 e. The number of carbonyl (C=O) groups is 3. The second-order valence-corrected chi connectivity index (χ2v) is 17.8. The zero-order valence-corrected chi connectivity index (χ0v) is 31.8. The maximum atomic E-state index is 15.3. The number of piperidine rings is 1. The highest BCUT2D eigenvalue weighted by Gasteiger charge is 2.65. The summed E-state index contributed by atoms with van der Waals surface area (Å²) in [6, 6.07) is 14.0. The molecule has 1 spiro atoms. The molecule has 0 radical (unpaired) electrons. The Morgan fingerprint density at radius 2 is 1.73 bits per heavy atom. The van der Waals surface area contributed by atoms with Crippen molar-refractivity contribution in [2.75, 3.05) is 17.8 Å². The van der Waals surface area contributed by atoms with Gasteiger partial charge in [-0.3, -0.25) is 14.5 Å². The molecule has 3 fully saturated rings. The van der Waals surface area contributed by atoms with Gasteiger partial charge in [0.1, 0.15) is 22.7 Å². The summed E-state index contributed by atoms with van der Waals surface area (Å²) in [5.41, 5.74) is -0.181. The number of carbonyl (C=O) groups excluding carboxylic acids is 2. The van der Waals surface area contributed by atoms with E-state index in [-0.39, 0.29) is 52.4 Å². The lowest BCUT2D eigenvalue weighted by molar-refractivity contribution is -0.157. The first-order valence-corrected chi connectivity index (χ1v) is 19.4. The van der Waals surface area contributed by atoms with Crippen LogP contribution in [0.25, 0.3) is 0 Å². The predicted molar refractivity (Wildman–Crippen MR) is 196 cm³/mol. The number of amides is 2. The number of carboxylic acids is 1. The van der Waals surface area contributed by atoms with Crippen LogP contribution in [0.2, 0.25) is 10.0 Å². The van der Waals surface area contributed by atoms with Crippen LogP contribution in [0.1, 0.15) is 93.7 Å². The number of benzene rings is 3. The van der Waals surface area contributed by atoms with Crippen molar-refractivity contribution in [3.05, 3.63) is 93.2 Å². The fourth-order valence-electron chi connectivity index (χ4n) is 7.28. The number of hydrogen-bond donors (Lipinski definition) is 1. The lowest BCUT2D eigenvalue weighted by Crippen LogP contribution is -2.75. The van der Waals surface area contributed by atoms with Crippen molar-refractivity contribution in [3.8, 4) is 5.75 Å². The Balaban J connectivity index is 0.00000248. The van der Waals surface area contributed by atoms with E-state index in [0.29, 0.717) is 23.4 Å². The van der Waals surface area contributed by atoms with E-state index < -0.39 is 55.8 Å². The van der Waals surface area contributed by atoms with Gasteiger partial charge in [-0.25, -0.2) is 17.6 Å². The van der Waals surface area contributed by atoms with Crippen LogP contribution in [-0.4, -0.2) is 65.4 Å². The Bertz CT molecular complexity index is 1960. The van der Waals surface area contributed by atoms with Crippen molar-refractivity contribution in [2.24, 2.45) is 5.92 Å². The first-order chi connectivity index (χ1) is 24.0. The maximum absolute atomic E-state index is 15.3. The number of carboxylic acid groups (broad SMARTS) is 1. The number of likely N-dealkylation sites (tertiary alicyclic amines) is 1. The van der Waals surface area contributed by atoms with E-state index >= 15 is 9.18 Å². The molecule has 4 atom stereocenters. The standard InChI is InChI=1S/C36H37Cl2FN2O7S.C2H6/c1-35(2,3)49(46,47)19-29(20-8-9-20)40-32(22-10-13-27(38)28(39)15-22)26(21-6-5-7-23(37)14-21)17-36(34(40)45)18-31(42)41(36)24-11-12-25(33(43)44)30(16-24)48-4;1-2/h5-7,10-16,20,26,29,32H,8-9,17-19H2,1-4H3,(H,43,44);1-2H3/t26-,29?,32-,36+;/m1./s1. The van der Waals surface area contributed by atoms with Crippen molar-refractivity contribution in [2.45, 2.75) is 88.6 Å². The van der Waals surface area contributed by atoms with Crippen molar-refractivity contribution in [1.29, 1.82) is 0 Å². The molecular weight excluding hydrogens is 718 g/mol. The second-order valence-electron chi connectivity index (χ2n) is 14.1.